The lowest BCUT2D eigenvalue weighted by atomic mass is 10.1. The molecule has 0 radical (unpaired) electrons. The van der Waals surface area contributed by atoms with E-state index in [4.69, 9.17) is 0 Å². The SMILES string of the molecule is Cc1ccccc1C=NNC(=O)C(C)Nc1cccc2ccccc12. The van der Waals surface area contributed by atoms with Gasteiger partial charge in [0.1, 0.15) is 6.04 Å². The van der Waals surface area contributed by atoms with Gasteiger partial charge in [0.25, 0.3) is 5.91 Å². The predicted molar refractivity (Wildman–Crippen MR) is 104 cm³/mol. The van der Waals surface area contributed by atoms with Gasteiger partial charge in [-0.3, -0.25) is 4.79 Å². The molecule has 1 unspecified atom stereocenters. The number of hydrogen-bond acceptors (Lipinski definition) is 3. The summed E-state index contributed by atoms with van der Waals surface area (Å²) in [4.78, 5) is 12.3. The standard InChI is InChI=1S/C21H21N3O/c1-15-8-3-4-10-18(15)14-22-24-21(25)16(2)23-20-13-7-11-17-9-5-6-12-19(17)20/h3-14,16,23H,1-2H3,(H,24,25). The number of fused-ring (bicyclic) bond motifs is 1. The number of benzene rings is 3. The van der Waals surface area contributed by atoms with Crippen LogP contribution >= 0.6 is 0 Å². The Bertz CT molecular complexity index is 912. The molecule has 1 atom stereocenters. The molecular formula is C21H21N3O. The Morgan fingerprint density at radius 2 is 1.72 bits per heavy atom. The molecule has 0 spiro atoms. The third-order valence-electron chi connectivity index (χ3n) is 4.12. The van der Waals surface area contributed by atoms with Gasteiger partial charge in [-0.1, -0.05) is 60.7 Å². The first-order chi connectivity index (χ1) is 12.1. The van der Waals surface area contributed by atoms with E-state index in [9.17, 15) is 4.79 Å². The molecular weight excluding hydrogens is 310 g/mol. The highest BCUT2D eigenvalue weighted by molar-refractivity contribution is 5.96. The van der Waals surface area contributed by atoms with Crippen molar-refractivity contribution in [2.45, 2.75) is 19.9 Å². The lowest BCUT2D eigenvalue weighted by molar-refractivity contribution is -0.121. The molecule has 0 saturated heterocycles. The Morgan fingerprint density at radius 3 is 2.56 bits per heavy atom. The summed E-state index contributed by atoms with van der Waals surface area (Å²) in [5, 5.41) is 9.55. The molecule has 0 aliphatic carbocycles. The van der Waals surface area contributed by atoms with Gasteiger partial charge in [0.15, 0.2) is 0 Å². The number of nitrogens with zero attached hydrogens (tertiary/aromatic N) is 1. The van der Waals surface area contributed by atoms with Gasteiger partial charge < -0.3 is 5.32 Å². The van der Waals surface area contributed by atoms with Gasteiger partial charge in [0.2, 0.25) is 0 Å². The van der Waals surface area contributed by atoms with Crippen molar-refractivity contribution in [3.8, 4) is 0 Å². The topological polar surface area (TPSA) is 53.5 Å². The van der Waals surface area contributed by atoms with Crippen molar-refractivity contribution in [1.29, 1.82) is 0 Å². The van der Waals surface area contributed by atoms with Crippen LogP contribution in [0.3, 0.4) is 0 Å². The fourth-order valence-electron chi connectivity index (χ4n) is 2.64. The van der Waals surface area contributed by atoms with Crippen LogP contribution in [0.5, 0.6) is 0 Å². The molecule has 1 amide bonds. The molecule has 3 rings (SSSR count). The Labute approximate surface area is 147 Å². The summed E-state index contributed by atoms with van der Waals surface area (Å²) in [6, 6.07) is 21.6. The monoisotopic (exact) mass is 331 g/mol. The molecule has 4 nitrogen and oxygen atoms in total. The second-order valence-corrected chi connectivity index (χ2v) is 5.98. The van der Waals surface area contributed by atoms with Crippen LogP contribution in [0.4, 0.5) is 5.69 Å². The first kappa shape index (κ1) is 16.7. The largest absolute Gasteiger partial charge is 0.373 e. The van der Waals surface area contributed by atoms with E-state index in [2.05, 4.69) is 28.0 Å². The van der Waals surface area contributed by atoms with Gasteiger partial charge in [0.05, 0.1) is 6.21 Å². The molecule has 0 saturated carbocycles. The smallest absolute Gasteiger partial charge is 0.262 e. The van der Waals surface area contributed by atoms with E-state index in [0.717, 1.165) is 27.6 Å². The molecule has 126 valence electrons. The van der Waals surface area contributed by atoms with Crippen LogP contribution in [-0.4, -0.2) is 18.2 Å². The maximum atomic E-state index is 12.3. The maximum absolute atomic E-state index is 12.3. The summed E-state index contributed by atoms with van der Waals surface area (Å²) >= 11 is 0. The normalized spacial score (nSPS) is 12.2. The predicted octanol–water partition coefficient (Wildman–Crippen LogP) is 4.10. The van der Waals surface area contributed by atoms with Crippen LogP contribution in [0.15, 0.2) is 71.8 Å². The number of carbonyl (C=O) groups excluding carboxylic acids is 1. The minimum atomic E-state index is -0.403. The molecule has 3 aromatic rings. The van der Waals surface area contributed by atoms with Crippen LogP contribution in [0.1, 0.15) is 18.1 Å². The van der Waals surface area contributed by atoms with Crippen LogP contribution in [0.2, 0.25) is 0 Å². The fraction of sp³-hybridized carbons (Fsp3) is 0.143. The van der Waals surface area contributed by atoms with Crippen LogP contribution in [-0.2, 0) is 4.79 Å². The highest BCUT2D eigenvalue weighted by Crippen LogP contribution is 2.23. The second kappa shape index (κ2) is 7.62. The minimum absolute atomic E-state index is 0.183. The quantitative estimate of drug-likeness (QED) is 0.546. The lowest BCUT2D eigenvalue weighted by Crippen LogP contribution is -2.34. The van der Waals surface area contributed by atoms with E-state index in [0.29, 0.717) is 0 Å². The van der Waals surface area contributed by atoms with E-state index in [1.807, 2.05) is 68.4 Å². The van der Waals surface area contributed by atoms with Crippen molar-refractivity contribution in [2.75, 3.05) is 5.32 Å². The van der Waals surface area contributed by atoms with Crippen molar-refractivity contribution >= 4 is 28.6 Å². The number of carbonyl (C=O) groups is 1. The third-order valence-corrected chi connectivity index (χ3v) is 4.12. The summed E-state index contributed by atoms with van der Waals surface area (Å²) in [5.41, 5.74) is 5.63. The van der Waals surface area contributed by atoms with Crippen molar-refractivity contribution in [3.05, 3.63) is 77.9 Å². The zero-order valence-electron chi connectivity index (χ0n) is 14.4. The average Bonchev–Trinajstić information content (AvgIpc) is 2.63. The zero-order valence-corrected chi connectivity index (χ0v) is 14.4. The molecule has 0 aliphatic heterocycles. The summed E-state index contributed by atoms with van der Waals surface area (Å²) in [6.07, 6.45) is 1.66. The number of anilines is 1. The molecule has 0 aliphatic rings. The third kappa shape index (κ3) is 4.04. The zero-order chi connectivity index (χ0) is 17.6. The summed E-state index contributed by atoms with van der Waals surface area (Å²) < 4.78 is 0. The second-order valence-electron chi connectivity index (χ2n) is 5.98. The fourth-order valence-corrected chi connectivity index (χ4v) is 2.64. The van der Waals surface area contributed by atoms with Gasteiger partial charge in [-0.25, -0.2) is 5.43 Å². The number of amides is 1. The van der Waals surface area contributed by atoms with Crippen LogP contribution in [0.25, 0.3) is 10.8 Å². The van der Waals surface area contributed by atoms with E-state index < -0.39 is 6.04 Å². The Hall–Kier alpha value is -3.14. The lowest BCUT2D eigenvalue weighted by Gasteiger charge is -2.15. The Kier molecular flexibility index (Phi) is 5.09. The molecule has 2 N–H and O–H groups in total. The van der Waals surface area contributed by atoms with Crippen molar-refractivity contribution in [1.82, 2.24) is 5.43 Å². The maximum Gasteiger partial charge on any atom is 0.262 e. The number of rotatable bonds is 5. The van der Waals surface area contributed by atoms with Gasteiger partial charge in [-0.15, -0.1) is 0 Å². The van der Waals surface area contributed by atoms with Crippen molar-refractivity contribution in [3.63, 3.8) is 0 Å². The number of hydrogen-bond donors (Lipinski definition) is 2. The highest BCUT2D eigenvalue weighted by atomic mass is 16.2. The first-order valence-electron chi connectivity index (χ1n) is 8.28. The molecule has 25 heavy (non-hydrogen) atoms. The van der Waals surface area contributed by atoms with Crippen LogP contribution < -0.4 is 10.7 Å². The number of aryl methyl sites for hydroxylation is 1. The van der Waals surface area contributed by atoms with Crippen molar-refractivity contribution < 1.29 is 4.79 Å². The van der Waals surface area contributed by atoms with Gasteiger partial charge in [-0.05, 0) is 36.4 Å². The highest BCUT2D eigenvalue weighted by Gasteiger charge is 2.12. The summed E-state index contributed by atoms with van der Waals surface area (Å²) in [6.45, 7) is 3.83. The molecule has 0 bridgehead atoms. The van der Waals surface area contributed by atoms with E-state index in [-0.39, 0.29) is 5.91 Å². The molecule has 0 fully saturated rings. The summed E-state index contributed by atoms with van der Waals surface area (Å²) in [5.74, 6) is -0.183. The minimum Gasteiger partial charge on any atom is -0.373 e. The molecule has 3 aromatic carbocycles. The molecule has 0 aromatic heterocycles. The number of nitrogens with one attached hydrogen (secondary N) is 2. The Balaban J connectivity index is 1.65. The Morgan fingerprint density at radius 1 is 1.00 bits per heavy atom. The summed E-state index contributed by atoms with van der Waals surface area (Å²) in [7, 11) is 0. The van der Waals surface area contributed by atoms with Gasteiger partial charge in [-0.2, -0.15) is 5.10 Å². The van der Waals surface area contributed by atoms with E-state index >= 15 is 0 Å². The van der Waals surface area contributed by atoms with E-state index in [1.54, 1.807) is 6.21 Å². The average molecular weight is 331 g/mol. The molecule has 0 heterocycles. The van der Waals surface area contributed by atoms with Gasteiger partial charge >= 0.3 is 0 Å². The van der Waals surface area contributed by atoms with Crippen LogP contribution in [0, 0.1) is 6.92 Å². The first-order valence-corrected chi connectivity index (χ1v) is 8.28. The number of hydrazone groups is 1. The van der Waals surface area contributed by atoms with E-state index in [1.165, 1.54) is 0 Å². The molecule has 4 heteroatoms. The van der Waals surface area contributed by atoms with Gasteiger partial charge in [0, 0.05) is 11.1 Å². The van der Waals surface area contributed by atoms with Crippen molar-refractivity contribution in [2.24, 2.45) is 5.10 Å².